The van der Waals surface area contributed by atoms with Crippen LogP contribution in [0.2, 0.25) is 5.02 Å². The van der Waals surface area contributed by atoms with Gasteiger partial charge in [0.25, 0.3) is 0 Å². The predicted octanol–water partition coefficient (Wildman–Crippen LogP) is 4.91. The second-order valence-corrected chi connectivity index (χ2v) is 6.12. The van der Waals surface area contributed by atoms with Crippen molar-refractivity contribution in [2.75, 3.05) is 11.9 Å². The highest BCUT2D eigenvalue weighted by Gasteiger charge is 2.08. The van der Waals surface area contributed by atoms with Crippen LogP contribution in [-0.2, 0) is 6.54 Å². The molecule has 0 spiro atoms. The van der Waals surface area contributed by atoms with E-state index < -0.39 is 0 Å². The van der Waals surface area contributed by atoms with Crippen molar-refractivity contribution < 1.29 is 0 Å². The number of anilines is 2. The molecule has 0 radical (unpaired) electrons. The molecule has 1 N–H and O–H groups in total. The lowest BCUT2D eigenvalue weighted by Crippen LogP contribution is -2.22. The summed E-state index contributed by atoms with van der Waals surface area (Å²) < 4.78 is 0. The minimum atomic E-state index is 0.454. The first kappa shape index (κ1) is 15.9. The largest absolute Gasteiger partial charge is 0.345 e. The van der Waals surface area contributed by atoms with Gasteiger partial charge in [-0.1, -0.05) is 43.6 Å². The van der Waals surface area contributed by atoms with E-state index in [1.165, 1.54) is 11.3 Å². The van der Waals surface area contributed by atoms with Crippen LogP contribution in [0.25, 0.3) is 0 Å². The van der Waals surface area contributed by atoms with Crippen molar-refractivity contribution in [3.8, 4) is 0 Å². The van der Waals surface area contributed by atoms with Gasteiger partial charge in [-0.2, -0.15) is 0 Å². The molecule has 2 aromatic carbocycles. The molecule has 0 aliphatic heterocycles. The van der Waals surface area contributed by atoms with Crippen LogP contribution >= 0.6 is 11.6 Å². The van der Waals surface area contributed by atoms with Crippen LogP contribution in [0.3, 0.4) is 0 Å². The Morgan fingerprint density at radius 1 is 1.10 bits per heavy atom. The number of halogens is 1. The topological polar surface area (TPSA) is 15.3 Å². The lowest BCUT2D eigenvalue weighted by molar-refractivity contribution is 0.589. The number of hydrogen-bond donors (Lipinski definition) is 1. The zero-order valence-electron chi connectivity index (χ0n) is 13.2. The summed E-state index contributed by atoms with van der Waals surface area (Å²) >= 11 is 6.41. The maximum absolute atomic E-state index is 6.41. The summed E-state index contributed by atoms with van der Waals surface area (Å²) in [5, 5.41) is 4.20. The maximum Gasteiger partial charge on any atom is 0.0471 e. The second kappa shape index (κ2) is 6.97. The number of benzene rings is 2. The van der Waals surface area contributed by atoms with Gasteiger partial charge in [-0.05, 0) is 42.3 Å². The highest BCUT2D eigenvalue weighted by molar-refractivity contribution is 6.31. The Kier molecular flexibility index (Phi) is 5.27. The fourth-order valence-corrected chi connectivity index (χ4v) is 2.43. The van der Waals surface area contributed by atoms with E-state index >= 15 is 0 Å². The molecule has 0 saturated carbocycles. The van der Waals surface area contributed by atoms with Crippen LogP contribution in [0, 0.1) is 6.92 Å². The van der Waals surface area contributed by atoms with E-state index in [1.54, 1.807) is 0 Å². The minimum Gasteiger partial charge on any atom is -0.345 e. The van der Waals surface area contributed by atoms with Gasteiger partial charge in [0.1, 0.15) is 0 Å². The summed E-state index contributed by atoms with van der Waals surface area (Å²) in [5.74, 6) is 0. The summed E-state index contributed by atoms with van der Waals surface area (Å²) in [7, 11) is 2.06. The Balaban J connectivity index is 2.19. The third-order valence-corrected chi connectivity index (χ3v) is 3.87. The molecule has 2 rings (SSSR count). The average Bonchev–Trinajstić information content (AvgIpc) is 2.45. The van der Waals surface area contributed by atoms with Crippen LogP contribution in [0.15, 0.2) is 42.5 Å². The number of aryl methyl sites for hydroxylation is 1. The number of nitrogens with one attached hydrogen (secondary N) is 1. The molecule has 0 aliphatic carbocycles. The SMILES string of the molecule is Cc1cccc(N(C)c2ccc(CNC(C)C)c(Cl)c2)c1. The number of hydrogen-bond acceptors (Lipinski definition) is 2. The molecule has 112 valence electrons. The molecule has 0 amide bonds. The van der Waals surface area contributed by atoms with Gasteiger partial charge in [0.05, 0.1) is 0 Å². The van der Waals surface area contributed by atoms with E-state index in [2.05, 4.69) is 74.4 Å². The molecule has 21 heavy (non-hydrogen) atoms. The standard InChI is InChI=1S/C18H23ClN2/c1-13(2)20-12-15-8-9-17(11-18(15)19)21(4)16-7-5-6-14(3)10-16/h5-11,13,20H,12H2,1-4H3. The first-order chi connectivity index (χ1) is 9.97. The van der Waals surface area contributed by atoms with Gasteiger partial charge < -0.3 is 10.2 Å². The van der Waals surface area contributed by atoms with E-state index in [-0.39, 0.29) is 0 Å². The summed E-state index contributed by atoms with van der Waals surface area (Å²) in [4.78, 5) is 2.15. The van der Waals surface area contributed by atoms with Crippen molar-refractivity contribution in [1.82, 2.24) is 5.32 Å². The molecule has 0 aromatic heterocycles. The van der Waals surface area contributed by atoms with Gasteiger partial charge in [-0.25, -0.2) is 0 Å². The van der Waals surface area contributed by atoms with E-state index in [4.69, 9.17) is 11.6 Å². The van der Waals surface area contributed by atoms with Crippen LogP contribution in [-0.4, -0.2) is 13.1 Å². The smallest absolute Gasteiger partial charge is 0.0471 e. The molecule has 2 aromatic rings. The van der Waals surface area contributed by atoms with Crippen molar-refractivity contribution in [2.24, 2.45) is 0 Å². The van der Waals surface area contributed by atoms with Crippen molar-refractivity contribution in [3.05, 3.63) is 58.6 Å². The van der Waals surface area contributed by atoms with Gasteiger partial charge in [0.15, 0.2) is 0 Å². The molecule has 0 fully saturated rings. The van der Waals surface area contributed by atoms with Crippen LogP contribution in [0.1, 0.15) is 25.0 Å². The van der Waals surface area contributed by atoms with Gasteiger partial charge >= 0.3 is 0 Å². The number of nitrogens with zero attached hydrogens (tertiary/aromatic N) is 1. The maximum atomic E-state index is 6.41. The highest BCUT2D eigenvalue weighted by Crippen LogP contribution is 2.28. The molecule has 2 nitrogen and oxygen atoms in total. The molecule has 0 bridgehead atoms. The Labute approximate surface area is 132 Å². The third-order valence-electron chi connectivity index (χ3n) is 3.51. The molecular formula is C18H23ClN2. The molecule has 0 saturated heterocycles. The van der Waals surface area contributed by atoms with E-state index in [9.17, 15) is 0 Å². The Morgan fingerprint density at radius 2 is 1.81 bits per heavy atom. The molecule has 0 unspecified atom stereocenters. The Bertz CT molecular complexity index is 608. The fourth-order valence-electron chi connectivity index (χ4n) is 2.19. The van der Waals surface area contributed by atoms with E-state index in [0.717, 1.165) is 22.8 Å². The quantitative estimate of drug-likeness (QED) is 0.844. The summed E-state index contributed by atoms with van der Waals surface area (Å²) in [6.07, 6.45) is 0. The second-order valence-electron chi connectivity index (χ2n) is 5.71. The normalized spacial score (nSPS) is 11.0. The van der Waals surface area contributed by atoms with Crippen molar-refractivity contribution in [3.63, 3.8) is 0 Å². The fraction of sp³-hybridized carbons (Fsp3) is 0.333. The van der Waals surface area contributed by atoms with Crippen LogP contribution in [0.5, 0.6) is 0 Å². The Hall–Kier alpha value is -1.51. The first-order valence-corrected chi connectivity index (χ1v) is 7.67. The Morgan fingerprint density at radius 3 is 2.43 bits per heavy atom. The molecule has 0 atom stereocenters. The monoisotopic (exact) mass is 302 g/mol. The van der Waals surface area contributed by atoms with Gasteiger partial charge in [-0.15, -0.1) is 0 Å². The lowest BCUT2D eigenvalue weighted by Gasteiger charge is -2.21. The first-order valence-electron chi connectivity index (χ1n) is 7.29. The van der Waals surface area contributed by atoms with E-state index in [1.807, 2.05) is 6.07 Å². The zero-order chi connectivity index (χ0) is 15.4. The van der Waals surface area contributed by atoms with Crippen molar-refractivity contribution in [1.29, 1.82) is 0 Å². The zero-order valence-corrected chi connectivity index (χ0v) is 13.9. The predicted molar refractivity (Wildman–Crippen MR) is 92.7 cm³/mol. The van der Waals surface area contributed by atoms with Crippen LogP contribution < -0.4 is 10.2 Å². The van der Waals surface area contributed by atoms with Gasteiger partial charge in [-0.3, -0.25) is 0 Å². The molecule has 0 heterocycles. The lowest BCUT2D eigenvalue weighted by atomic mass is 10.1. The summed E-state index contributed by atoms with van der Waals surface area (Å²) in [6, 6.07) is 15.1. The van der Waals surface area contributed by atoms with Crippen molar-refractivity contribution >= 4 is 23.0 Å². The molecule has 0 aliphatic rings. The summed E-state index contributed by atoms with van der Waals surface area (Å²) in [5.41, 5.74) is 4.65. The minimum absolute atomic E-state index is 0.454. The van der Waals surface area contributed by atoms with E-state index in [0.29, 0.717) is 6.04 Å². The third kappa shape index (κ3) is 4.23. The molecular weight excluding hydrogens is 280 g/mol. The molecule has 3 heteroatoms. The summed E-state index contributed by atoms with van der Waals surface area (Å²) in [6.45, 7) is 7.16. The van der Waals surface area contributed by atoms with Gasteiger partial charge in [0, 0.05) is 36.0 Å². The average molecular weight is 303 g/mol. The van der Waals surface area contributed by atoms with Crippen molar-refractivity contribution in [2.45, 2.75) is 33.4 Å². The number of rotatable bonds is 5. The van der Waals surface area contributed by atoms with Crippen LogP contribution in [0.4, 0.5) is 11.4 Å². The van der Waals surface area contributed by atoms with Gasteiger partial charge in [0.2, 0.25) is 0 Å². The highest BCUT2D eigenvalue weighted by atomic mass is 35.5.